The molecule has 7 heteroatoms. The van der Waals surface area contributed by atoms with Crippen molar-refractivity contribution in [1.82, 2.24) is 10.2 Å². The van der Waals surface area contributed by atoms with Crippen LogP contribution in [0.25, 0.3) is 0 Å². The Morgan fingerprint density at radius 2 is 1.87 bits per heavy atom. The van der Waals surface area contributed by atoms with E-state index in [1.54, 1.807) is 4.90 Å². The Morgan fingerprint density at radius 1 is 1.22 bits per heavy atom. The Hall–Kier alpha value is -1.63. The molecule has 23 heavy (non-hydrogen) atoms. The SMILES string of the molecule is Cl.N[C@@H](Cc1ccccc1)C(=O)NCCC(=O)N1CCOCC1. The number of ether oxygens (including phenoxy) is 1. The number of rotatable bonds is 6. The van der Waals surface area contributed by atoms with Gasteiger partial charge >= 0.3 is 0 Å². The van der Waals surface area contributed by atoms with E-state index in [4.69, 9.17) is 10.5 Å². The summed E-state index contributed by atoms with van der Waals surface area (Å²) in [4.78, 5) is 25.6. The fourth-order valence-electron chi connectivity index (χ4n) is 2.36. The first-order valence-electron chi connectivity index (χ1n) is 7.59. The van der Waals surface area contributed by atoms with Crippen molar-refractivity contribution in [3.63, 3.8) is 0 Å². The molecule has 1 aromatic carbocycles. The Labute approximate surface area is 142 Å². The van der Waals surface area contributed by atoms with E-state index in [9.17, 15) is 9.59 Å². The third-order valence-corrected chi connectivity index (χ3v) is 3.64. The van der Waals surface area contributed by atoms with Gasteiger partial charge in [-0.3, -0.25) is 9.59 Å². The lowest BCUT2D eigenvalue weighted by molar-refractivity contribution is -0.135. The Balaban J connectivity index is 0.00000264. The van der Waals surface area contributed by atoms with E-state index < -0.39 is 6.04 Å². The first-order valence-corrected chi connectivity index (χ1v) is 7.59. The molecule has 1 aliphatic rings. The molecule has 1 aliphatic heterocycles. The van der Waals surface area contributed by atoms with Gasteiger partial charge in [0.05, 0.1) is 19.3 Å². The largest absolute Gasteiger partial charge is 0.378 e. The van der Waals surface area contributed by atoms with Crippen molar-refractivity contribution in [2.45, 2.75) is 18.9 Å². The number of nitrogens with zero attached hydrogens (tertiary/aromatic N) is 1. The van der Waals surface area contributed by atoms with Gasteiger partial charge < -0.3 is 20.7 Å². The van der Waals surface area contributed by atoms with Gasteiger partial charge in [-0.15, -0.1) is 12.4 Å². The molecule has 0 aliphatic carbocycles. The second kappa shape index (κ2) is 10.2. The zero-order chi connectivity index (χ0) is 15.8. The van der Waals surface area contributed by atoms with Crippen molar-refractivity contribution in [3.05, 3.63) is 35.9 Å². The molecule has 1 saturated heterocycles. The van der Waals surface area contributed by atoms with Crippen molar-refractivity contribution in [1.29, 1.82) is 0 Å². The first kappa shape index (κ1) is 19.4. The number of hydrogen-bond donors (Lipinski definition) is 2. The van der Waals surface area contributed by atoms with Gasteiger partial charge in [0, 0.05) is 26.1 Å². The summed E-state index contributed by atoms with van der Waals surface area (Å²) < 4.78 is 5.20. The van der Waals surface area contributed by atoms with Gasteiger partial charge in [-0.25, -0.2) is 0 Å². The monoisotopic (exact) mass is 341 g/mol. The normalized spacial score (nSPS) is 15.4. The highest BCUT2D eigenvalue weighted by Crippen LogP contribution is 2.02. The maximum Gasteiger partial charge on any atom is 0.237 e. The average molecular weight is 342 g/mol. The number of carbonyl (C=O) groups is 2. The van der Waals surface area contributed by atoms with Gasteiger partial charge in [-0.1, -0.05) is 30.3 Å². The van der Waals surface area contributed by atoms with Gasteiger partial charge in [0.15, 0.2) is 0 Å². The van der Waals surface area contributed by atoms with Crippen molar-refractivity contribution < 1.29 is 14.3 Å². The van der Waals surface area contributed by atoms with Gasteiger partial charge in [0.2, 0.25) is 11.8 Å². The predicted octanol–water partition coefficient (Wildman–Crippen LogP) is 0.343. The fraction of sp³-hybridized carbons (Fsp3) is 0.500. The number of halogens is 1. The number of carbonyl (C=O) groups excluding carboxylic acids is 2. The molecule has 3 N–H and O–H groups in total. The van der Waals surface area contributed by atoms with Crippen LogP contribution in [0.4, 0.5) is 0 Å². The van der Waals surface area contributed by atoms with E-state index in [0.717, 1.165) is 5.56 Å². The highest BCUT2D eigenvalue weighted by atomic mass is 35.5. The lowest BCUT2D eigenvalue weighted by Gasteiger charge is -2.26. The fourth-order valence-corrected chi connectivity index (χ4v) is 2.36. The molecule has 0 aromatic heterocycles. The van der Waals surface area contributed by atoms with Crippen LogP contribution in [0.15, 0.2) is 30.3 Å². The van der Waals surface area contributed by atoms with E-state index in [2.05, 4.69) is 5.32 Å². The lowest BCUT2D eigenvalue weighted by Crippen LogP contribution is -2.45. The summed E-state index contributed by atoms with van der Waals surface area (Å²) >= 11 is 0. The second-order valence-electron chi connectivity index (χ2n) is 5.33. The number of nitrogens with two attached hydrogens (primary N) is 1. The van der Waals surface area contributed by atoms with Crippen LogP contribution in [0.3, 0.4) is 0 Å². The quantitative estimate of drug-likeness (QED) is 0.781. The zero-order valence-electron chi connectivity index (χ0n) is 13.1. The molecule has 1 atom stereocenters. The highest BCUT2D eigenvalue weighted by Gasteiger charge is 2.18. The summed E-state index contributed by atoms with van der Waals surface area (Å²) in [5, 5.41) is 2.73. The van der Waals surface area contributed by atoms with Crippen LogP contribution in [0.5, 0.6) is 0 Å². The average Bonchev–Trinajstić information content (AvgIpc) is 2.56. The molecule has 1 aromatic rings. The van der Waals surface area contributed by atoms with Crippen molar-refractivity contribution in [2.75, 3.05) is 32.8 Å². The van der Waals surface area contributed by atoms with Crippen LogP contribution in [-0.4, -0.2) is 55.6 Å². The van der Waals surface area contributed by atoms with Gasteiger partial charge in [0.1, 0.15) is 0 Å². The number of hydrogen-bond acceptors (Lipinski definition) is 4. The summed E-state index contributed by atoms with van der Waals surface area (Å²) in [7, 11) is 0. The molecule has 2 rings (SSSR count). The minimum Gasteiger partial charge on any atom is -0.378 e. The molecular weight excluding hydrogens is 318 g/mol. The zero-order valence-corrected chi connectivity index (χ0v) is 13.9. The van der Waals surface area contributed by atoms with Crippen LogP contribution in [0, 0.1) is 0 Å². The maximum absolute atomic E-state index is 11.9. The third-order valence-electron chi connectivity index (χ3n) is 3.64. The molecule has 1 fully saturated rings. The molecule has 0 unspecified atom stereocenters. The Morgan fingerprint density at radius 3 is 2.52 bits per heavy atom. The van der Waals surface area contributed by atoms with E-state index in [-0.39, 0.29) is 24.2 Å². The van der Waals surface area contributed by atoms with Crippen LogP contribution < -0.4 is 11.1 Å². The lowest BCUT2D eigenvalue weighted by atomic mass is 10.1. The van der Waals surface area contributed by atoms with E-state index in [1.807, 2.05) is 30.3 Å². The van der Waals surface area contributed by atoms with E-state index in [0.29, 0.717) is 45.7 Å². The molecule has 6 nitrogen and oxygen atoms in total. The predicted molar refractivity (Wildman–Crippen MR) is 90.4 cm³/mol. The van der Waals surface area contributed by atoms with Crippen molar-refractivity contribution in [2.24, 2.45) is 5.73 Å². The van der Waals surface area contributed by atoms with Crippen LogP contribution >= 0.6 is 12.4 Å². The van der Waals surface area contributed by atoms with Crippen LogP contribution in [0.2, 0.25) is 0 Å². The van der Waals surface area contributed by atoms with Crippen molar-refractivity contribution in [3.8, 4) is 0 Å². The molecule has 2 amide bonds. The van der Waals surface area contributed by atoms with E-state index in [1.165, 1.54) is 0 Å². The Kier molecular flexibility index (Phi) is 8.61. The molecule has 0 bridgehead atoms. The second-order valence-corrected chi connectivity index (χ2v) is 5.33. The van der Waals surface area contributed by atoms with Crippen LogP contribution in [0.1, 0.15) is 12.0 Å². The summed E-state index contributed by atoms with van der Waals surface area (Å²) in [6, 6.07) is 9.04. The van der Waals surface area contributed by atoms with Crippen LogP contribution in [-0.2, 0) is 20.7 Å². The number of benzene rings is 1. The van der Waals surface area contributed by atoms with Crippen molar-refractivity contribution >= 4 is 24.2 Å². The standard InChI is InChI=1S/C16H23N3O3.ClH/c17-14(12-13-4-2-1-3-5-13)16(21)18-7-6-15(20)19-8-10-22-11-9-19;/h1-5,14H,6-12,17H2,(H,18,21);1H/t14-;/m0./s1. The molecule has 0 spiro atoms. The minimum atomic E-state index is -0.596. The molecule has 128 valence electrons. The van der Waals surface area contributed by atoms with E-state index >= 15 is 0 Å². The number of nitrogens with one attached hydrogen (secondary N) is 1. The molecular formula is C16H24ClN3O3. The smallest absolute Gasteiger partial charge is 0.237 e. The summed E-state index contributed by atoms with van der Waals surface area (Å²) in [6.07, 6.45) is 0.786. The van der Waals surface area contributed by atoms with Gasteiger partial charge in [-0.2, -0.15) is 0 Å². The molecule has 0 saturated carbocycles. The minimum absolute atomic E-state index is 0. The summed E-state index contributed by atoms with van der Waals surface area (Å²) in [5.74, 6) is -0.182. The topological polar surface area (TPSA) is 84.7 Å². The summed E-state index contributed by atoms with van der Waals surface area (Å²) in [6.45, 7) is 2.73. The maximum atomic E-state index is 11.9. The first-order chi connectivity index (χ1) is 10.7. The number of morpholine rings is 1. The summed E-state index contributed by atoms with van der Waals surface area (Å²) in [5.41, 5.74) is 6.91. The van der Waals surface area contributed by atoms with Gasteiger partial charge in [-0.05, 0) is 12.0 Å². The Bertz CT molecular complexity index is 493. The molecule has 0 radical (unpaired) electrons. The number of amides is 2. The third kappa shape index (κ3) is 6.56. The highest BCUT2D eigenvalue weighted by molar-refractivity contribution is 5.85. The molecule has 1 heterocycles. The van der Waals surface area contributed by atoms with Gasteiger partial charge in [0.25, 0.3) is 0 Å².